The molecule has 0 unspecified atom stereocenters. The summed E-state index contributed by atoms with van der Waals surface area (Å²) >= 11 is 0. The molecule has 1 aromatic carbocycles. The van der Waals surface area contributed by atoms with Crippen LogP contribution in [-0.2, 0) is 9.59 Å². The molecule has 1 aliphatic carbocycles. The molecule has 0 aliphatic heterocycles. The lowest BCUT2D eigenvalue weighted by atomic mass is 9.88. The highest BCUT2D eigenvalue weighted by Gasteiger charge is 2.36. The van der Waals surface area contributed by atoms with Crippen LogP contribution < -0.4 is 10.1 Å². The minimum absolute atomic E-state index is 0.0189. The molecule has 1 aromatic rings. The van der Waals surface area contributed by atoms with Crippen LogP contribution in [0.2, 0.25) is 0 Å². The summed E-state index contributed by atoms with van der Waals surface area (Å²) < 4.78 is 5.09. The van der Waals surface area contributed by atoms with Gasteiger partial charge in [0, 0.05) is 17.2 Å². The SMILES string of the molecule is CC1(C(=O)Nc2cccc(OCC(=O)O)c2)CCCC1. The zero-order chi connectivity index (χ0) is 14.6. The average Bonchev–Trinajstić information content (AvgIpc) is 2.85. The molecule has 0 spiro atoms. The number of carboxylic acid groups (broad SMARTS) is 1. The third-order valence-corrected chi connectivity index (χ3v) is 3.71. The van der Waals surface area contributed by atoms with Gasteiger partial charge in [-0.1, -0.05) is 25.8 Å². The third kappa shape index (κ3) is 3.50. The molecular formula is C15H19NO4. The number of hydrogen-bond donors (Lipinski definition) is 2. The summed E-state index contributed by atoms with van der Waals surface area (Å²) in [7, 11) is 0. The molecule has 108 valence electrons. The molecule has 0 atom stereocenters. The molecule has 1 saturated carbocycles. The summed E-state index contributed by atoms with van der Waals surface area (Å²) in [5.74, 6) is -0.579. The standard InChI is InChI=1S/C15H19NO4/c1-15(7-2-3-8-15)14(19)16-11-5-4-6-12(9-11)20-10-13(17)18/h4-6,9H,2-3,7-8,10H2,1H3,(H,16,19)(H,17,18). The number of anilines is 1. The number of carboxylic acids is 1. The highest BCUT2D eigenvalue weighted by atomic mass is 16.5. The Morgan fingerprint density at radius 1 is 1.35 bits per heavy atom. The fourth-order valence-electron chi connectivity index (χ4n) is 2.47. The van der Waals surface area contributed by atoms with Gasteiger partial charge in [-0.2, -0.15) is 0 Å². The second kappa shape index (κ2) is 5.94. The van der Waals surface area contributed by atoms with E-state index < -0.39 is 12.6 Å². The Hall–Kier alpha value is -2.04. The van der Waals surface area contributed by atoms with Gasteiger partial charge < -0.3 is 15.2 Å². The second-order valence-corrected chi connectivity index (χ2v) is 5.43. The maximum absolute atomic E-state index is 12.3. The van der Waals surface area contributed by atoms with Crippen LogP contribution in [0.3, 0.4) is 0 Å². The Kier molecular flexibility index (Phi) is 4.27. The number of carbonyl (C=O) groups is 2. The summed E-state index contributed by atoms with van der Waals surface area (Å²) in [6.45, 7) is 1.59. The molecule has 5 nitrogen and oxygen atoms in total. The van der Waals surface area contributed by atoms with E-state index in [1.807, 2.05) is 6.92 Å². The Morgan fingerprint density at radius 2 is 2.05 bits per heavy atom. The number of hydrogen-bond acceptors (Lipinski definition) is 3. The molecule has 2 N–H and O–H groups in total. The summed E-state index contributed by atoms with van der Waals surface area (Å²) in [6, 6.07) is 6.79. The molecule has 1 aliphatic rings. The smallest absolute Gasteiger partial charge is 0.341 e. The molecule has 0 heterocycles. The Labute approximate surface area is 117 Å². The normalized spacial score (nSPS) is 16.6. The van der Waals surface area contributed by atoms with Crippen LogP contribution in [0.5, 0.6) is 5.75 Å². The number of rotatable bonds is 5. The molecule has 0 bridgehead atoms. The Morgan fingerprint density at radius 3 is 2.70 bits per heavy atom. The first-order valence-corrected chi connectivity index (χ1v) is 6.76. The topological polar surface area (TPSA) is 75.6 Å². The van der Waals surface area contributed by atoms with Crippen molar-refractivity contribution in [3.63, 3.8) is 0 Å². The first kappa shape index (κ1) is 14.4. The largest absolute Gasteiger partial charge is 0.482 e. The molecule has 1 amide bonds. The van der Waals surface area contributed by atoms with Crippen LogP contribution in [0, 0.1) is 5.41 Å². The highest BCUT2D eigenvalue weighted by Crippen LogP contribution is 2.38. The maximum Gasteiger partial charge on any atom is 0.341 e. The lowest BCUT2D eigenvalue weighted by molar-refractivity contribution is -0.139. The van der Waals surface area contributed by atoms with Gasteiger partial charge in [-0.15, -0.1) is 0 Å². The number of aliphatic carboxylic acids is 1. The van der Waals surface area contributed by atoms with Crippen molar-refractivity contribution in [2.24, 2.45) is 5.41 Å². The molecule has 20 heavy (non-hydrogen) atoms. The van der Waals surface area contributed by atoms with Crippen LogP contribution in [0.15, 0.2) is 24.3 Å². The molecule has 0 radical (unpaired) electrons. The van der Waals surface area contributed by atoms with Crippen LogP contribution in [0.25, 0.3) is 0 Å². The van der Waals surface area contributed by atoms with Gasteiger partial charge in [-0.25, -0.2) is 4.79 Å². The van der Waals surface area contributed by atoms with Crippen LogP contribution >= 0.6 is 0 Å². The third-order valence-electron chi connectivity index (χ3n) is 3.71. The van der Waals surface area contributed by atoms with E-state index in [1.54, 1.807) is 24.3 Å². The van der Waals surface area contributed by atoms with Gasteiger partial charge in [0.2, 0.25) is 5.91 Å². The summed E-state index contributed by atoms with van der Waals surface area (Å²) in [5.41, 5.74) is 0.337. The predicted octanol–water partition coefficient (Wildman–Crippen LogP) is 2.67. The van der Waals surface area contributed by atoms with Gasteiger partial charge in [-0.3, -0.25) is 4.79 Å². The lowest BCUT2D eigenvalue weighted by Gasteiger charge is -2.22. The zero-order valence-electron chi connectivity index (χ0n) is 11.5. The van der Waals surface area contributed by atoms with Crippen molar-refractivity contribution in [2.75, 3.05) is 11.9 Å². The first-order valence-electron chi connectivity index (χ1n) is 6.76. The summed E-state index contributed by atoms with van der Waals surface area (Å²) in [5, 5.41) is 11.5. The predicted molar refractivity (Wildman–Crippen MR) is 74.8 cm³/mol. The Balaban J connectivity index is 2.00. The quantitative estimate of drug-likeness (QED) is 0.867. The first-order chi connectivity index (χ1) is 9.49. The molecule has 0 saturated heterocycles. The summed E-state index contributed by atoms with van der Waals surface area (Å²) in [6.07, 6.45) is 4.00. The molecule has 1 fully saturated rings. The highest BCUT2D eigenvalue weighted by molar-refractivity contribution is 5.95. The van der Waals surface area contributed by atoms with Crippen LogP contribution in [0.1, 0.15) is 32.6 Å². The maximum atomic E-state index is 12.3. The average molecular weight is 277 g/mol. The van der Waals surface area contributed by atoms with Crippen LogP contribution in [-0.4, -0.2) is 23.6 Å². The van der Waals surface area contributed by atoms with Crippen molar-refractivity contribution in [3.8, 4) is 5.75 Å². The summed E-state index contributed by atoms with van der Waals surface area (Å²) in [4.78, 5) is 22.7. The number of carbonyl (C=O) groups excluding carboxylic acids is 1. The van der Waals surface area contributed by atoms with Crippen molar-refractivity contribution in [2.45, 2.75) is 32.6 Å². The number of benzene rings is 1. The van der Waals surface area contributed by atoms with E-state index in [0.29, 0.717) is 11.4 Å². The number of amides is 1. The zero-order valence-corrected chi connectivity index (χ0v) is 11.5. The second-order valence-electron chi connectivity index (χ2n) is 5.43. The van der Waals surface area contributed by atoms with Gasteiger partial charge in [0.25, 0.3) is 0 Å². The van der Waals surface area contributed by atoms with Gasteiger partial charge in [-0.05, 0) is 25.0 Å². The van der Waals surface area contributed by atoms with Gasteiger partial charge >= 0.3 is 5.97 Å². The minimum Gasteiger partial charge on any atom is -0.482 e. The molecular weight excluding hydrogens is 258 g/mol. The molecule has 0 aromatic heterocycles. The van der Waals surface area contributed by atoms with Gasteiger partial charge in [0.1, 0.15) is 5.75 Å². The molecule has 5 heteroatoms. The van der Waals surface area contributed by atoms with Crippen molar-refractivity contribution in [1.29, 1.82) is 0 Å². The number of nitrogens with one attached hydrogen (secondary N) is 1. The van der Waals surface area contributed by atoms with Crippen molar-refractivity contribution < 1.29 is 19.4 Å². The van der Waals surface area contributed by atoms with Crippen LogP contribution in [0.4, 0.5) is 5.69 Å². The van der Waals surface area contributed by atoms with E-state index in [9.17, 15) is 9.59 Å². The fraction of sp³-hybridized carbons (Fsp3) is 0.467. The van der Waals surface area contributed by atoms with Gasteiger partial charge in [0.15, 0.2) is 6.61 Å². The van der Waals surface area contributed by atoms with E-state index in [2.05, 4.69) is 5.32 Å². The van der Waals surface area contributed by atoms with E-state index in [1.165, 1.54) is 0 Å². The monoisotopic (exact) mass is 277 g/mol. The van der Waals surface area contributed by atoms with Crippen molar-refractivity contribution in [1.82, 2.24) is 0 Å². The molecule has 2 rings (SSSR count). The van der Waals surface area contributed by atoms with E-state index in [4.69, 9.17) is 9.84 Å². The van der Waals surface area contributed by atoms with Crippen molar-refractivity contribution >= 4 is 17.6 Å². The lowest BCUT2D eigenvalue weighted by Crippen LogP contribution is -2.30. The van der Waals surface area contributed by atoms with E-state index in [-0.39, 0.29) is 11.3 Å². The van der Waals surface area contributed by atoms with E-state index >= 15 is 0 Å². The van der Waals surface area contributed by atoms with Crippen molar-refractivity contribution in [3.05, 3.63) is 24.3 Å². The number of ether oxygens (including phenoxy) is 1. The van der Waals surface area contributed by atoms with Gasteiger partial charge in [0.05, 0.1) is 0 Å². The fourth-order valence-corrected chi connectivity index (χ4v) is 2.47. The Bertz CT molecular complexity index is 506. The van der Waals surface area contributed by atoms with E-state index in [0.717, 1.165) is 25.7 Å². The minimum atomic E-state index is -1.03.